The van der Waals surface area contributed by atoms with Gasteiger partial charge in [0.1, 0.15) is 23.9 Å². The van der Waals surface area contributed by atoms with Crippen LogP contribution in [0.3, 0.4) is 0 Å². The van der Waals surface area contributed by atoms with E-state index in [9.17, 15) is 0 Å². The molecule has 1 unspecified atom stereocenters. The summed E-state index contributed by atoms with van der Waals surface area (Å²) < 4.78 is 12.2. The zero-order valence-electron chi connectivity index (χ0n) is 10.4. The van der Waals surface area contributed by atoms with Crippen LogP contribution in [-0.2, 0) is 4.74 Å². The predicted molar refractivity (Wildman–Crippen MR) is 68.3 cm³/mol. The Labute approximate surface area is 110 Å². The predicted octanol–water partition coefficient (Wildman–Crippen LogP) is 2.64. The minimum atomic E-state index is -0.170. The van der Waals surface area contributed by atoms with Crippen molar-refractivity contribution in [1.82, 2.24) is 14.8 Å². The highest BCUT2D eigenvalue weighted by Crippen LogP contribution is 2.28. The summed E-state index contributed by atoms with van der Waals surface area (Å²) in [7, 11) is 3.22. The van der Waals surface area contributed by atoms with Gasteiger partial charge in [0.05, 0.1) is 7.11 Å². The maximum Gasteiger partial charge on any atom is 0.161 e. The third kappa shape index (κ3) is 2.32. The smallest absolute Gasteiger partial charge is 0.161 e. The molecule has 0 fully saturated rings. The SMILES string of the molecule is COc1ccc(Cl)cc1-n1ncnc1C(C)OC. The molecular weight excluding hydrogens is 254 g/mol. The zero-order valence-corrected chi connectivity index (χ0v) is 11.2. The van der Waals surface area contributed by atoms with Crippen LogP contribution >= 0.6 is 11.6 Å². The van der Waals surface area contributed by atoms with E-state index in [0.29, 0.717) is 16.6 Å². The van der Waals surface area contributed by atoms with Crippen LogP contribution in [-0.4, -0.2) is 29.0 Å². The molecule has 2 rings (SSSR count). The molecule has 2 aromatic rings. The molecule has 0 saturated heterocycles. The maximum absolute atomic E-state index is 6.01. The molecule has 0 aliphatic heterocycles. The standard InChI is InChI=1S/C12H14ClN3O2/c1-8(17-2)12-14-7-15-16(12)10-6-9(13)4-5-11(10)18-3/h4-8H,1-3H3. The summed E-state index contributed by atoms with van der Waals surface area (Å²) in [5.74, 6) is 1.37. The van der Waals surface area contributed by atoms with Gasteiger partial charge in [-0.05, 0) is 25.1 Å². The van der Waals surface area contributed by atoms with Crippen molar-refractivity contribution in [3.05, 3.63) is 35.4 Å². The monoisotopic (exact) mass is 267 g/mol. The summed E-state index contributed by atoms with van der Waals surface area (Å²) in [6.07, 6.45) is 1.31. The fraction of sp³-hybridized carbons (Fsp3) is 0.333. The number of hydrogen-bond donors (Lipinski definition) is 0. The van der Waals surface area contributed by atoms with Crippen LogP contribution in [0.1, 0.15) is 18.9 Å². The average Bonchev–Trinajstić information content (AvgIpc) is 2.86. The summed E-state index contributed by atoms with van der Waals surface area (Å²) in [4.78, 5) is 4.20. The largest absolute Gasteiger partial charge is 0.494 e. The van der Waals surface area contributed by atoms with E-state index in [1.165, 1.54) is 6.33 Å². The van der Waals surface area contributed by atoms with Gasteiger partial charge in [-0.2, -0.15) is 5.10 Å². The van der Waals surface area contributed by atoms with Crippen molar-refractivity contribution in [2.45, 2.75) is 13.0 Å². The van der Waals surface area contributed by atoms with Crippen molar-refractivity contribution in [1.29, 1.82) is 0 Å². The van der Waals surface area contributed by atoms with Crippen molar-refractivity contribution < 1.29 is 9.47 Å². The van der Waals surface area contributed by atoms with Gasteiger partial charge >= 0.3 is 0 Å². The van der Waals surface area contributed by atoms with Gasteiger partial charge in [0.15, 0.2) is 5.82 Å². The molecule has 0 aliphatic carbocycles. The molecule has 5 nitrogen and oxygen atoms in total. The highest BCUT2D eigenvalue weighted by Gasteiger charge is 2.16. The van der Waals surface area contributed by atoms with Crippen LogP contribution < -0.4 is 4.74 Å². The first-order chi connectivity index (χ1) is 8.67. The number of methoxy groups -OCH3 is 2. The highest BCUT2D eigenvalue weighted by atomic mass is 35.5. The number of ether oxygens (including phenoxy) is 2. The molecule has 1 aromatic heterocycles. The Kier molecular flexibility index (Phi) is 3.84. The van der Waals surface area contributed by atoms with Gasteiger partial charge in [-0.25, -0.2) is 9.67 Å². The summed E-state index contributed by atoms with van der Waals surface area (Å²) in [6, 6.07) is 5.34. The van der Waals surface area contributed by atoms with Crippen molar-refractivity contribution in [3.8, 4) is 11.4 Å². The van der Waals surface area contributed by atoms with E-state index in [4.69, 9.17) is 21.1 Å². The number of benzene rings is 1. The van der Waals surface area contributed by atoms with Crippen LogP contribution in [0.15, 0.2) is 24.5 Å². The van der Waals surface area contributed by atoms with Crippen molar-refractivity contribution in [2.24, 2.45) is 0 Å². The summed E-state index contributed by atoms with van der Waals surface area (Å²) >= 11 is 6.01. The second kappa shape index (κ2) is 5.37. The molecule has 0 bridgehead atoms. The van der Waals surface area contributed by atoms with E-state index in [2.05, 4.69) is 10.1 Å². The van der Waals surface area contributed by atoms with E-state index in [0.717, 1.165) is 5.69 Å². The Balaban J connectivity index is 2.55. The number of aromatic nitrogens is 3. The molecule has 18 heavy (non-hydrogen) atoms. The quantitative estimate of drug-likeness (QED) is 0.854. The maximum atomic E-state index is 6.01. The molecule has 96 valence electrons. The molecule has 0 N–H and O–H groups in total. The van der Waals surface area contributed by atoms with Crippen LogP contribution in [0.4, 0.5) is 0 Å². The van der Waals surface area contributed by atoms with E-state index >= 15 is 0 Å². The van der Waals surface area contributed by atoms with E-state index in [-0.39, 0.29) is 6.10 Å². The van der Waals surface area contributed by atoms with Gasteiger partial charge in [0.2, 0.25) is 0 Å². The Morgan fingerprint density at radius 3 is 2.78 bits per heavy atom. The van der Waals surface area contributed by atoms with E-state index in [1.807, 2.05) is 6.92 Å². The summed E-state index contributed by atoms with van der Waals surface area (Å²) in [5, 5.41) is 4.80. The molecule has 0 amide bonds. The third-order valence-corrected chi connectivity index (χ3v) is 2.90. The van der Waals surface area contributed by atoms with Gasteiger partial charge < -0.3 is 9.47 Å². The third-order valence-electron chi connectivity index (χ3n) is 2.66. The first-order valence-corrected chi connectivity index (χ1v) is 5.81. The molecule has 1 aromatic carbocycles. The molecule has 0 radical (unpaired) electrons. The normalized spacial score (nSPS) is 12.4. The zero-order chi connectivity index (χ0) is 13.1. The van der Waals surface area contributed by atoms with Crippen molar-refractivity contribution in [3.63, 3.8) is 0 Å². The Hall–Kier alpha value is -1.59. The number of nitrogens with zero attached hydrogens (tertiary/aromatic N) is 3. The lowest BCUT2D eigenvalue weighted by Gasteiger charge is -2.13. The van der Waals surface area contributed by atoms with Crippen LogP contribution in [0.5, 0.6) is 5.75 Å². The molecule has 0 saturated carbocycles. The topological polar surface area (TPSA) is 49.2 Å². The van der Waals surface area contributed by atoms with Crippen LogP contribution in [0, 0.1) is 0 Å². The second-order valence-corrected chi connectivity index (χ2v) is 4.16. The lowest BCUT2D eigenvalue weighted by atomic mass is 10.2. The molecular formula is C12H14ClN3O2. The highest BCUT2D eigenvalue weighted by molar-refractivity contribution is 6.30. The number of rotatable bonds is 4. The Bertz CT molecular complexity index is 542. The van der Waals surface area contributed by atoms with Gasteiger partial charge in [0, 0.05) is 12.1 Å². The lowest BCUT2D eigenvalue weighted by Crippen LogP contribution is -2.09. The molecule has 1 atom stereocenters. The molecule has 0 aliphatic rings. The minimum Gasteiger partial charge on any atom is -0.494 e. The van der Waals surface area contributed by atoms with Crippen molar-refractivity contribution >= 4 is 11.6 Å². The van der Waals surface area contributed by atoms with Gasteiger partial charge in [-0.15, -0.1) is 0 Å². The number of hydrogen-bond acceptors (Lipinski definition) is 4. The molecule has 0 spiro atoms. The van der Waals surface area contributed by atoms with E-state index < -0.39 is 0 Å². The molecule has 6 heteroatoms. The fourth-order valence-corrected chi connectivity index (χ4v) is 1.81. The second-order valence-electron chi connectivity index (χ2n) is 3.72. The van der Waals surface area contributed by atoms with Crippen LogP contribution in [0.25, 0.3) is 5.69 Å². The minimum absolute atomic E-state index is 0.170. The van der Waals surface area contributed by atoms with E-state index in [1.54, 1.807) is 37.1 Å². The molecule has 1 heterocycles. The average molecular weight is 268 g/mol. The number of halogens is 1. The van der Waals surface area contributed by atoms with Gasteiger partial charge in [-0.1, -0.05) is 11.6 Å². The first-order valence-electron chi connectivity index (χ1n) is 5.44. The lowest BCUT2D eigenvalue weighted by molar-refractivity contribution is 0.110. The Morgan fingerprint density at radius 2 is 2.11 bits per heavy atom. The first kappa shape index (κ1) is 12.9. The fourth-order valence-electron chi connectivity index (χ4n) is 1.65. The van der Waals surface area contributed by atoms with Gasteiger partial charge in [0.25, 0.3) is 0 Å². The Morgan fingerprint density at radius 1 is 1.33 bits per heavy atom. The van der Waals surface area contributed by atoms with Gasteiger partial charge in [-0.3, -0.25) is 0 Å². The van der Waals surface area contributed by atoms with Crippen molar-refractivity contribution in [2.75, 3.05) is 14.2 Å². The summed E-state index contributed by atoms with van der Waals surface area (Å²) in [5.41, 5.74) is 0.737. The summed E-state index contributed by atoms with van der Waals surface area (Å²) in [6.45, 7) is 1.90. The van der Waals surface area contributed by atoms with Crippen LogP contribution in [0.2, 0.25) is 5.02 Å².